The number of anilines is 1. The van der Waals surface area contributed by atoms with Crippen molar-refractivity contribution in [1.29, 1.82) is 0 Å². The van der Waals surface area contributed by atoms with Gasteiger partial charge in [0, 0.05) is 25.0 Å². The molecule has 0 radical (unpaired) electrons. The van der Waals surface area contributed by atoms with Crippen molar-refractivity contribution in [2.45, 2.75) is 0 Å². The lowest BCUT2D eigenvalue weighted by atomic mass is 10.2. The number of hydrogen-bond acceptors (Lipinski definition) is 3. The predicted molar refractivity (Wildman–Crippen MR) is 67.7 cm³/mol. The zero-order valence-corrected chi connectivity index (χ0v) is 9.75. The molecule has 1 aromatic carbocycles. The zero-order valence-electron chi connectivity index (χ0n) is 9.75. The molecule has 1 amide bonds. The van der Waals surface area contributed by atoms with Crippen LogP contribution >= 0.6 is 0 Å². The summed E-state index contributed by atoms with van der Waals surface area (Å²) in [6.07, 6.45) is 1.58. The number of benzene rings is 1. The van der Waals surface area contributed by atoms with Gasteiger partial charge in [0.2, 0.25) is 0 Å². The Bertz CT molecular complexity index is 647. The van der Waals surface area contributed by atoms with Gasteiger partial charge in [-0.2, -0.15) is 0 Å². The van der Waals surface area contributed by atoms with Crippen molar-refractivity contribution < 1.29 is 9.90 Å². The zero-order chi connectivity index (χ0) is 13.1. The van der Waals surface area contributed by atoms with Crippen molar-refractivity contribution in [3.05, 3.63) is 58.5 Å². The van der Waals surface area contributed by atoms with Crippen LogP contribution in [0.25, 0.3) is 0 Å². The Morgan fingerprint density at radius 2 is 2.06 bits per heavy atom. The van der Waals surface area contributed by atoms with E-state index < -0.39 is 5.91 Å². The summed E-state index contributed by atoms with van der Waals surface area (Å²) in [6, 6.07) is 9.22. The first-order valence-corrected chi connectivity index (χ1v) is 5.34. The van der Waals surface area contributed by atoms with Crippen LogP contribution in [0.3, 0.4) is 0 Å². The second-order valence-corrected chi connectivity index (χ2v) is 3.84. The molecule has 2 aromatic rings. The third kappa shape index (κ3) is 2.40. The summed E-state index contributed by atoms with van der Waals surface area (Å²) in [4.78, 5) is 23.6. The smallest absolute Gasteiger partial charge is 0.263 e. The molecule has 92 valence electrons. The Hall–Kier alpha value is -2.56. The lowest BCUT2D eigenvalue weighted by Gasteiger charge is -2.06. The molecule has 0 aliphatic rings. The molecule has 2 N–H and O–H groups in total. The molecule has 18 heavy (non-hydrogen) atoms. The Labute approximate surface area is 103 Å². The van der Waals surface area contributed by atoms with Gasteiger partial charge in [0.1, 0.15) is 11.3 Å². The van der Waals surface area contributed by atoms with Crippen molar-refractivity contribution >= 4 is 11.6 Å². The van der Waals surface area contributed by atoms with Crippen LogP contribution in [0.1, 0.15) is 10.4 Å². The van der Waals surface area contributed by atoms with Crippen LogP contribution in [-0.2, 0) is 7.05 Å². The quantitative estimate of drug-likeness (QED) is 0.837. The van der Waals surface area contributed by atoms with E-state index in [0.717, 1.165) is 0 Å². The van der Waals surface area contributed by atoms with Crippen molar-refractivity contribution in [3.8, 4) is 5.75 Å². The lowest BCUT2D eigenvalue weighted by molar-refractivity contribution is 0.102. The predicted octanol–water partition coefficient (Wildman–Crippen LogP) is 1.34. The van der Waals surface area contributed by atoms with Gasteiger partial charge in [-0.3, -0.25) is 9.59 Å². The summed E-state index contributed by atoms with van der Waals surface area (Å²) in [6.45, 7) is 0. The van der Waals surface area contributed by atoms with Gasteiger partial charge in [-0.15, -0.1) is 0 Å². The van der Waals surface area contributed by atoms with E-state index in [0.29, 0.717) is 5.69 Å². The largest absolute Gasteiger partial charge is 0.508 e. The van der Waals surface area contributed by atoms with E-state index in [2.05, 4.69) is 5.32 Å². The van der Waals surface area contributed by atoms with Crippen molar-refractivity contribution in [2.24, 2.45) is 7.05 Å². The fraction of sp³-hybridized carbons (Fsp3) is 0.0769. The minimum atomic E-state index is -0.498. The number of nitrogens with zero attached hydrogens (tertiary/aromatic N) is 1. The molecule has 2 rings (SSSR count). The van der Waals surface area contributed by atoms with Crippen LogP contribution in [0.2, 0.25) is 0 Å². The third-order valence-corrected chi connectivity index (χ3v) is 2.47. The van der Waals surface area contributed by atoms with Crippen LogP contribution in [0, 0.1) is 0 Å². The van der Waals surface area contributed by atoms with Gasteiger partial charge in [0.05, 0.1) is 0 Å². The number of carbonyl (C=O) groups is 1. The molecule has 0 spiro atoms. The molecule has 5 heteroatoms. The molecule has 0 unspecified atom stereocenters. The second-order valence-electron chi connectivity index (χ2n) is 3.84. The number of phenolic OH excluding ortho intramolecular Hbond substituents is 1. The van der Waals surface area contributed by atoms with Gasteiger partial charge < -0.3 is 15.0 Å². The number of pyridine rings is 1. The average molecular weight is 244 g/mol. The van der Waals surface area contributed by atoms with Crippen molar-refractivity contribution in [1.82, 2.24) is 4.57 Å². The monoisotopic (exact) mass is 244 g/mol. The standard InChI is InChI=1S/C13H12N2O3/c1-15-7-3-6-11(13(15)18)12(17)14-9-4-2-5-10(16)8-9/h2-8,16H,1H3,(H,14,17). The van der Waals surface area contributed by atoms with Gasteiger partial charge in [-0.1, -0.05) is 6.07 Å². The SMILES string of the molecule is Cn1cccc(C(=O)Nc2cccc(O)c2)c1=O. The van der Waals surface area contributed by atoms with Gasteiger partial charge in [-0.25, -0.2) is 0 Å². The maximum Gasteiger partial charge on any atom is 0.263 e. The van der Waals surface area contributed by atoms with E-state index in [9.17, 15) is 14.7 Å². The van der Waals surface area contributed by atoms with E-state index in [1.54, 1.807) is 31.4 Å². The number of rotatable bonds is 2. The van der Waals surface area contributed by atoms with E-state index in [1.807, 2.05) is 0 Å². The Morgan fingerprint density at radius 1 is 1.28 bits per heavy atom. The van der Waals surface area contributed by atoms with Gasteiger partial charge >= 0.3 is 0 Å². The molecule has 0 fully saturated rings. The molecule has 0 atom stereocenters. The number of nitrogens with one attached hydrogen (secondary N) is 1. The van der Waals surface area contributed by atoms with Gasteiger partial charge in [-0.05, 0) is 24.3 Å². The van der Waals surface area contributed by atoms with E-state index in [1.165, 1.54) is 22.8 Å². The number of amides is 1. The fourth-order valence-electron chi connectivity index (χ4n) is 1.55. The Balaban J connectivity index is 2.28. The summed E-state index contributed by atoms with van der Waals surface area (Å²) in [5.74, 6) is -0.449. The normalized spacial score (nSPS) is 10.1. The lowest BCUT2D eigenvalue weighted by Crippen LogP contribution is -2.26. The average Bonchev–Trinajstić information content (AvgIpc) is 2.32. The molecule has 0 aliphatic carbocycles. The highest BCUT2D eigenvalue weighted by atomic mass is 16.3. The van der Waals surface area contributed by atoms with Crippen molar-refractivity contribution in [3.63, 3.8) is 0 Å². The molecule has 5 nitrogen and oxygen atoms in total. The van der Waals surface area contributed by atoms with Gasteiger partial charge in [0.15, 0.2) is 0 Å². The second kappa shape index (κ2) is 4.75. The summed E-state index contributed by atoms with van der Waals surface area (Å²) in [7, 11) is 1.58. The van der Waals surface area contributed by atoms with E-state index in [-0.39, 0.29) is 16.9 Å². The maximum atomic E-state index is 11.9. The molecule has 0 aliphatic heterocycles. The van der Waals surface area contributed by atoms with Crippen LogP contribution in [0.4, 0.5) is 5.69 Å². The summed E-state index contributed by atoms with van der Waals surface area (Å²) in [5.41, 5.74) is 0.129. The summed E-state index contributed by atoms with van der Waals surface area (Å²) in [5, 5.41) is 11.8. The highest BCUT2D eigenvalue weighted by Crippen LogP contribution is 2.15. The van der Waals surface area contributed by atoms with Crippen LogP contribution in [0.15, 0.2) is 47.4 Å². The Kier molecular flexibility index (Phi) is 3.14. The molecule has 1 aromatic heterocycles. The number of phenols is 1. The first-order chi connectivity index (χ1) is 8.58. The van der Waals surface area contributed by atoms with Gasteiger partial charge in [0.25, 0.3) is 11.5 Å². The molecular weight excluding hydrogens is 232 g/mol. The maximum absolute atomic E-state index is 11.9. The molecule has 0 saturated heterocycles. The number of carbonyl (C=O) groups excluding carboxylic acids is 1. The van der Waals surface area contributed by atoms with Crippen molar-refractivity contribution in [2.75, 3.05) is 5.32 Å². The van der Waals surface area contributed by atoms with Crippen LogP contribution in [0.5, 0.6) is 5.75 Å². The van der Waals surface area contributed by atoms with Crippen LogP contribution < -0.4 is 10.9 Å². The van der Waals surface area contributed by atoms with Crippen LogP contribution in [-0.4, -0.2) is 15.6 Å². The minimum Gasteiger partial charge on any atom is -0.508 e. The van der Waals surface area contributed by atoms with E-state index >= 15 is 0 Å². The number of aromatic hydroxyl groups is 1. The third-order valence-electron chi connectivity index (χ3n) is 2.47. The summed E-state index contributed by atoms with van der Waals surface area (Å²) < 4.78 is 1.33. The highest BCUT2D eigenvalue weighted by Gasteiger charge is 2.11. The highest BCUT2D eigenvalue weighted by molar-refractivity contribution is 6.04. The first kappa shape index (κ1) is 11.9. The number of hydrogen-bond donors (Lipinski definition) is 2. The topological polar surface area (TPSA) is 71.3 Å². The molecule has 1 heterocycles. The molecule has 0 saturated carbocycles. The fourth-order valence-corrected chi connectivity index (χ4v) is 1.55. The number of aromatic nitrogens is 1. The van der Waals surface area contributed by atoms with E-state index in [4.69, 9.17) is 0 Å². The molecule has 0 bridgehead atoms. The minimum absolute atomic E-state index is 0.0498. The number of aryl methyl sites for hydroxylation is 1. The Morgan fingerprint density at radius 3 is 2.78 bits per heavy atom. The first-order valence-electron chi connectivity index (χ1n) is 5.34. The molecular formula is C13H12N2O3. The summed E-state index contributed by atoms with van der Waals surface area (Å²) >= 11 is 0.